The Morgan fingerprint density at radius 1 is 1.00 bits per heavy atom. The van der Waals surface area contributed by atoms with Crippen molar-refractivity contribution in [2.75, 3.05) is 27.3 Å². The molecule has 4 rings (SSSR count). The van der Waals surface area contributed by atoms with Crippen molar-refractivity contribution in [2.45, 2.75) is 32.2 Å². The number of hydrogen-bond acceptors (Lipinski definition) is 4. The van der Waals surface area contributed by atoms with E-state index in [1.165, 1.54) is 18.4 Å². The van der Waals surface area contributed by atoms with Crippen molar-refractivity contribution in [2.24, 2.45) is 11.8 Å². The number of fused-ring (bicyclic) bond motifs is 1. The minimum atomic E-state index is 0. The van der Waals surface area contributed by atoms with Gasteiger partial charge in [0.2, 0.25) is 0 Å². The SMILES string of the molecule is COc1cc2c(cc1OC)C(=O)C(CC1CCN(Cc3ccccc3)CC1)C2.[Na+]. The number of carbonyl (C=O) groups is 1. The van der Waals surface area contributed by atoms with E-state index in [1.54, 1.807) is 14.2 Å². The number of methoxy groups -OCH3 is 2. The second kappa shape index (κ2) is 10.1. The third kappa shape index (κ3) is 5.05. The summed E-state index contributed by atoms with van der Waals surface area (Å²) in [6.07, 6.45) is 4.19. The molecule has 148 valence electrons. The molecule has 0 radical (unpaired) electrons. The average Bonchev–Trinajstić information content (AvgIpc) is 3.03. The maximum atomic E-state index is 12.9. The minimum Gasteiger partial charge on any atom is -0.493 e. The summed E-state index contributed by atoms with van der Waals surface area (Å²) in [7, 11) is 3.26. The van der Waals surface area contributed by atoms with E-state index in [1.807, 2.05) is 12.1 Å². The van der Waals surface area contributed by atoms with Crippen molar-refractivity contribution in [3.8, 4) is 11.5 Å². The van der Waals surface area contributed by atoms with Crippen LogP contribution in [0.25, 0.3) is 0 Å². The van der Waals surface area contributed by atoms with Crippen molar-refractivity contribution < 1.29 is 43.8 Å². The van der Waals surface area contributed by atoms with Gasteiger partial charge in [0.05, 0.1) is 14.2 Å². The van der Waals surface area contributed by atoms with Gasteiger partial charge in [0.25, 0.3) is 0 Å². The van der Waals surface area contributed by atoms with Gasteiger partial charge in [0.1, 0.15) is 0 Å². The summed E-state index contributed by atoms with van der Waals surface area (Å²) in [5, 5.41) is 0. The van der Waals surface area contributed by atoms with Gasteiger partial charge in [-0.2, -0.15) is 0 Å². The molecule has 0 spiro atoms. The van der Waals surface area contributed by atoms with Crippen molar-refractivity contribution in [3.63, 3.8) is 0 Å². The summed E-state index contributed by atoms with van der Waals surface area (Å²) in [6, 6.07) is 14.5. The number of benzene rings is 2. The Morgan fingerprint density at radius 2 is 1.66 bits per heavy atom. The van der Waals surface area contributed by atoms with Gasteiger partial charge in [-0.15, -0.1) is 0 Å². The summed E-state index contributed by atoms with van der Waals surface area (Å²) >= 11 is 0. The Balaban J connectivity index is 0.00000240. The van der Waals surface area contributed by atoms with Crippen LogP contribution in [-0.2, 0) is 13.0 Å². The number of piperidine rings is 1. The van der Waals surface area contributed by atoms with E-state index < -0.39 is 0 Å². The molecule has 0 N–H and O–H groups in total. The van der Waals surface area contributed by atoms with E-state index in [0.29, 0.717) is 17.4 Å². The average molecular weight is 402 g/mol. The predicted molar refractivity (Wildman–Crippen MR) is 110 cm³/mol. The van der Waals surface area contributed by atoms with Gasteiger partial charge >= 0.3 is 29.6 Å². The fourth-order valence-corrected chi connectivity index (χ4v) is 4.71. The molecule has 0 amide bonds. The molecule has 0 bridgehead atoms. The third-order valence-electron chi connectivity index (χ3n) is 6.29. The molecule has 1 aliphatic carbocycles. The van der Waals surface area contributed by atoms with E-state index in [9.17, 15) is 4.79 Å². The largest absolute Gasteiger partial charge is 1.00 e. The summed E-state index contributed by atoms with van der Waals surface area (Å²) < 4.78 is 10.8. The molecule has 2 aromatic carbocycles. The van der Waals surface area contributed by atoms with Gasteiger partial charge in [0, 0.05) is 18.0 Å². The first-order valence-electron chi connectivity index (χ1n) is 10.2. The summed E-state index contributed by atoms with van der Waals surface area (Å²) in [5.74, 6) is 2.38. The first-order chi connectivity index (χ1) is 13.7. The summed E-state index contributed by atoms with van der Waals surface area (Å²) in [4.78, 5) is 15.5. The molecule has 0 saturated carbocycles. The topological polar surface area (TPSA) is 38.8 Å². The van der Waals surface area contributed by atoms with E-state index in [4.69, 9.17) is 9.47 Å². The number of rotatable bonds is 6. The molecular formula is C24H29NNaO3+. The smallest absolute Gasteiger partial charge is 0.493 e. The van der Waals surface area contributed by atoms with Gasteiger partial charge in [-0.25, -0.2) is 0 Å². The summed E-state index contributed by atoms with van der Waals surface area (Å²) in [6.45, 7) is 3.27. The molecule has 0 aromatic heterocycles. The molecule has 1 unspecified atom stereocenters. The molecular weight excluding hydrogens is 373 g/mol. The van der Waals surface area contributed by atoms with Crippen LogP contribution in [0.1, 0.15) is 40.7 Å². The van der Waals surface area contributed by atoms with Crippen LogP contribution < -0.4 is 39.0 Å². The fraction of sp³-hybridized carbons (Fsp3) is 0.458. The first kappa shape index (κ1) is 22.4. The van der Waals surface area contributed by atoms with E-state index >= 15 is 0 Å². The molecule has 1 atom stereocenters. The van der Waals surface area contributed by atoms with Gasteiger partial charge in [0.15, 0.2) is 17.3 Å². The van der Waals surface area contributed by atoms with Crippen LogP contribution in [0.3, 0.4) is 0 Å². The zero-order valence-corrected chi connectivity index (χ0v) is 19.8. The van der Waals surface area contributed by atoms with Crippen LogP contribution >= 0.6 is 0 Å². The van der Waals surface area contributed by atoms with Crippen molar-refractivity contribution >= 4 is 5.78 Å². The van der Waals surface area contributed by atoms with Crippen molar-refractivity contribution in [1.82, 2.24) is 4.90 Å². The van der Waals surface area contributed by atoms with Gasteiger partial charge < -0.3 is 9.47 Å². The van der Waals surface area contributed by atoms with Gasteiger partial charge in [-0.3, -0.25) is 9.69 Å². The fourth-order valence-electron chi connectivity index (χ4n) is 4.71. The molecule has 1 fully saturated rings. The van der Waals surface area contributed by atoms with Crippen LogP contribution in [0, 0.1) is 11.8 Å². The molecule has 1 saturated heterocycles. The number of Topliss-reactive ketones (excluding diaryl/α,β-unsaturated/α-hetero) is 1. The predicted octanol–water partition coefficient (Wildman–Crippen LogP) is 1.37. The number of ketones is 1. The maximum Gasteiger partial charge on any atom is 1.00 e. The second-order valence-electron chi connectivity index (χ2n) is 8.07. The molecule has 4 nitrogen and oxygen atoms in total. The standard InChI is InChI=1S/C24H29NO3.Na/c1-27-22-14-19-13-20(24(26)21(19)15-23(22)28-2)12-17-8-10-25(11-9-17)16-18-6-4-3-5-7-18;/h3-7,14-15,17,20H,8-13,16H2,1-2H3;/q;+1. The Morgan fingerprint density at radius 3 is 2.31 bits per heavy atom. The van der Waals surface area contributed by atoms with E-state index in [0.717, 1.165) is 43.6 Å². The Hall–Kier alpha value is -1.33. The molecule has 29 heavy (non-hydrogen) atoms. The first-order valence-corrected chi connectivity index (χ1v) is 10.2. The zero-order valence-electron chi connectivity index (χ0n) is 17.8. The Bertz CT molecular complexity index is 832. The van der Waals surface area contributed by atoms with E-state index in [-0.39, 0.29) is 41.3 Å². The molecule has 2 aliphatic rings. The number of hydrogen-bond donors (Lipinski definition) is 0. The molecule has 5 heteroatoms. The zero-order chi connectivity index (χ0) is 19.5. The number of nitrogens with zero attached hydrogens (tertiary/aromatic N) is 1. The quantitative estimate of drug-likeness (QED) is 0.684. The van der Waals surface area contributed by atoms with Crippen molar-refractivity contribution in [1.29, 1.82) is 0 Å². The van der Waals surface area contributed by atoms with Crippen LogP contribution in [-0.4, -0.2) is 38.0 Å². The maximum absolute atomic E-state index is 12.9. The van der Waals surface area contributed by atoms with Crippen LogP contribution in [0.15, 0.2) is 42.5 Å². The van der Waals surface area contributed by atoms with Crippen molar-refractivity contribution in [3.05, 3.63) is 59.2 Å². The molecule has 2 aromatic rings. The molecule has 1 heterocycles. The third-order valence-corrected chi connectivity index (χ3v) is 6.29. The summed E-state index contributed by atoms with van der Waals surface area (Å²) in [5.41, 5.74) is 3.31. The van der Waals surface area contributed by atoms with Crippen LogP contribution in [0.4, 0.5) is 0 Å². The molecule has 1 aliphatic heterocycles. The Labute approximate surface area is 195 Å². The van der Waals surface area contributed by atoms with Gasteiger partial charge in [-0.05, 0) is 68.0 Å². The normalized spacial score (nSPS) is 19.5. The number of carbonyl (C=O) groups excluding carboxylic acids is 1. The van der Waals surface area contributed by atoms with E-state index in [2.05, 4.69) is 35.2 Å². The Kier molecular flexibility index (Phi) is 7.80. The number of likely N-dealkylation sites (tertiary alicyclic amines) is 1. The van der Waals surface area contributed by atoms with Crippen LogP contribution in [0.5, 0.6) is 11.5 Å². The minimum absolute atomic E-state index is 0. The monoisotopic (exact) mass is 402 g/mol. The van der Waals surface area contributed by atoms with Gasteiger partial charge in [-0.1, -0.05) is 30.3 Å². The van der Waals surface area contributed by atoms with Crippen LogP contribution in [0.2, 0.25) is 0 Å². The number of ether oxygens (including phenoxy) is 2. The second-order valence-corrected chi connectivity index (χ2v) is 8.07.